The van der Waals surface area contributed by atoms with E-state index in [4.69, 9.17) is 9.57 Å². The maximum atomic E-state index is 13.0. The van der Waals surface area contributed by atoms with Crippen LogP contribution in [0, 0.1) is 0 Å². The Morgan fingerprint density at radius 3 is 1.97 bits per heavy atom. The van der Waals surface area contributed by atoms with Crippen LogP contribution in [0.25, 0.3) is 0 Å². The lowest BCUT2D eigenvalue weighted by molar-refractivity contribution is -0.106. The van der Waals surface area contributed by atoms with Crippen molar-refractivity contribution in [1.29, 1.82) is 0 Å². The van der Waals surface area contributed by atoms with Crippen LogP contribution in [-0.4, -0.2) is 37.5 Å². The maximum Gasteiger partial charge on any atom is 0.338 e. The molecule has 0 aliphatic rings. The molecule has 158 valence electrons. The van der Waals surface area contributed by atoms with Gasteiger partial charge in [-0.25, -0.2) is 4.79 Å². The third kappa shape index (κ3) is 4.84. The second kappa shape index (κ2) is 10.6. The number of Topliss-reactive ketones (excluding diaryl/α,β-unsaturated/α-hetero) is 1. The zero-order valence-corrected chi connectivity index (χ0v) is 18.4. The van der Waals surface area contributed by atoms with Gasteiger partial charge in [0.2, 0.25) is 5.78 Å². The van der Waals surface area contributed by atoms with E-state index in [0.717, 1.165) is 22.1 Å². The molecular weight excluding hydrogens is 409 g/mol. The topological polar surface area (TPSA) is 65.0 Å². The Labute approximate surface area is 182 Å². The van der Waals surface area contributed by atoms with E-state index in [1.807, 2.05) is 72.8 Å². The summed E-state index contributed by atoms with van der Waals surface area (Å²) in [7, 11) is 1.39. The van der Waals surface area contributed by atoms with Crippen molar-refractivity contribution in [2.75, 3.05) is 13.7 Å². The molecular formula is C25H24NO4P. The molecule has 0 atom stereocenters. The smallest absolute Gasteiger partial charge is 0.338 e. The van der Waals surface area contributed by atoms with E-state index < -0.39 is 12.9 Å². The lowest BCUT2D eigenvalue weighted by atomic mass is 10.2. The number of ketones is 1. The summed E-state index contributed by atoms with van der Waals surface area (Å²) < 4.78 is 5.34. The van der Waals surface area contributed by atoms with Gasteiger partial charge >= 0.3 is 5.97 Å². The highest BCUT2D eigenvalue weighted by Crippen LogP contribution is 2.44. The van der Waals surface area contributed by atoms with Crippen LogP contribution in [0.3, 0.4) is 0 Å². The van der Waals surface area contributed by atoms with Gasteiger partial charge in [-0.3, -0.25) is 4.79 Å². The highest BCUT2D eigenvalue weighted by atomic mass is 31.2. The highest BCUT2D eigenvalue weighted by molar-refractivity contribution is 7.95. The maximum absolute atomic E-state index is 13.0. The standard InChI is InChI=1S/C25H24NO4P/c1-3-30-25(28)23-16-10-11-17-24(23)31(19-20(27)18-26-29-2,21-12-6-4-7-13-21)22-14-8-5-9-15-22/h4-19H,3H2,1-2H3. The molecule has 0 radical (unpaired) electrons. The van der Waals surface area contributed by atoms with Crippen LogP contribution >= 0.6 is 6.89 Å². The predicted molar refractivity (Wildman–Crippen MR) is 128 cm³/mol. The minimum atomic E-state index is -2.69. The molecule has 0 spiro atoms. The average molecular weight is 433 g/mol. The molecule has 3 aromatic rings. The number of benzene rings is 3. The van der Waals surface area contributed by atoms with Crippen molar-refractivity contribution in [3.05, 3.63) is 90.5 Å². The highest BCUT2D eigenvalue weighted by Gasteiger charge is 2.30. The number of nitrogens with zero attached hydrogens (tertiary/aromatic N) is 1. The first-order chi connectivity index (χ1) is 15.1. The molecule has 6 heteroatoms. The SMILES string of the molecule is CCOC(=O)c1ccccc1P(=CC(=O)C=NOC)(c1ccccc1)c1ccccc1. The summed E-state index contributed by atoms with van der Waals surface area (Å²) in [5.41, 5.74) is 0.443. The lowest BCUT2D eigenvalue weighted by Gasteiger charge is -2.29. The summed E-state index contributed by atoms with van der Waals surface area (Å²) in [5.74, 6) is 0.959. The number of carbonyl (C=O) groups excluding carboxylic acids is 2. The summed E-state index contributed by atoms with van der Waals surface area (Å²) in [6, 6.07) is 26.8. The first-order valence-electron chi connectivity index (χ1n) is 9.86. The monoisotopic (exact) mass is 433 g/mol. The van der Waals surface area contributed by atoms with E-state index in [0.29, 0.717) is 5.56 Å². The van der Waals surface area contributed by atoms with Gasteiger partial charge < -0.3 is 9.57 Å². The first kappa shape index (κ1) is 22.3. The van der Waals surface area contributed by atoms with E-state index in [9.17, 15) is 9.59 Å². The molecule has 0 aliphatic carbocycles. The molecule has 5 nitrogen and oxygen atoms in total. The molecule has 0 saturated heterocycles. The van der Waals surface area contributed by atoms with Gasteiger partial charge in [0.25, 0.3) is 0 Å². The van der Waals surface area contributed by atoms with Crippen LogP contribution in [0.4, 0.5) is 0 Å². The largest absolute Gasteiger partial charge is 0.462 e. The molecule has 3 rings (SSSR count). The lowest BCUT2D eigenvalue weighted by Crippen LogP contribution is -2.32. The van der Waals surface area contributed by atoms with Crippen molar-refractivity contribution >= 4 is 46.6 Å². The third-order valence-corrected chi connectivity index (χ3v) is 8.73. The molecule has 0 bridgehead atoms. The number of oxime groups is 1. The molecule has 0 aliphatic heterocycles. The fourth-order valence-corrected chi connectivity index (χ4v) is 7.36. The van der Waals surface area contributed by atoms with Crippen molar-refractivity contribution in [2.24, 2.45) is 5.16 Å². The van der Waals surface area contributed by atoms with Gasteiger partial charge in [0.15, 0.2) is 0 Å². The van der Waals surface area contributed by atoms with Gasteiger partial charge in [-0.1, -0.05) is 84.0 Å². The van der Waals surface area contributed by atoms with Gasteiger partial charge in [0.1, 0.15) is 13.3 Å². The summed E-state index contributed by atoms with van der Waals surface area (Å²) in [5, 5.41) is 6.28. The second-order valence-electron chi connectivity index (χ2n) is 6.58. The van der Waals surface area contributed by atoms with Gasteiger partial charge in [0.05, 0.1) is 12.2 Å². The summed E-state index contributed by atoms with van der Waals surface area (Å²) in [4.78, 5) is 30.6. The Morgan fingerprint density at radius 2 is 1.42 bits per heavy atom. The van der Waals surface area contributed by atoms with Crippen molar-refractivity contribution in [3.63, 3.8) is 0 Å². The van der Waals surface area contributed by atoms with E-state index in [2.05, 4.69) is 5.16 Å². The number of ether oxygens (including phenoxy) is 1. The average Bonchev–Trinajstić information content (AvgIpc) is 2.82. The third-order valence-electron chi connectivity index (χ3n) is 4.71. The van der Waals surface area contributed by atoms with Crippen molar-refractivity contribution in [3.8, 4) is 0 Å². The summed E-state index contributed by atoms with van der Waals surface area (Å²) >= 11 is 0. The number of hydrogen-bond acceptors (Lipinski definition) is 5. The zero-order valence-electron chi connectivity index (χ0n) is 17.5. The Hall–Kier alpha value is -3.43. The molecule has 0 saturated carbocycles. The van der Waals surface area contributed by atoms with Crippen molar-refractivity contribution in [2.45, 2.75) is 6.92 Å². The zero-order chi connectivity index (χ0) is 22.1. The summed E-state index contributed by atoms with van der Waals surface area (Å²) in [6.07, 6.45) is 1.15. The van der Waals surface area contributed by atoms with Crippen LogP contribution in [0.15, 0.2) is 90.1 Å². The Kier molecular flexibility index (Phi) is 7.58. The first-order valence-corrected chi connectivity index (χ1v) is 11.7. The number of rotatable bonds is 8. The normalized spacial score (nSPS) is 11.2. The Balaban J connectivity index is 2.45. The molecule has 0 aromatic heterocycles. The Morgan fingerprint density at radius 1 is 0.871 bits per heavy atom. The van der Waals surface area contributed by atoms with Gasteiger partial charge in [-0.05, 0) is 41.6 Å². The van der Waals surface area contributed by atoms with E-state index in [1.54, 1.807) is 24.9 Å². The quantitative estimate of drug-likeness (QED) is 0.237. The van der Waals surface area contributed by atoms with Crippen LogP contribution in [-0.2, 0) is 14.4 Å². The van der Waals surface area contributed by atoms with Crippen LogP contribution in [0.1, 0.15) is 17.3 Å². The molecule has 31 heavy (non-hydrogen) atoms. The van der Waals surface area contributed by atoms with Gasteiger partial charge in [-0.15, -0.1) is 0 Å². The van der Waals surface area contributed by atoms with E-state index in [-0.39, 0.29) is 12.4 Å². The van der Waals surface area contributed by atoms with Gasteiger partial charge in [-0.2, -0.15) is 0 Å². The number of hydrogen-bond donors (Lipinski definition) is 0. The van der Waals surface area contributed by atoms with Crippen molar-refractivity contribution < 1.29 is 19.2 Å². The van der Waals surface area contributed by atoms with Crippen LogP contribution in [0.5, 0.6) is 0 Å². The fourth-order valence-electron chi connectivity index (χ4n) is 3.46. The second-order valence-corrected chi connectivity index (χ2v) is 9.80. The number of carbonyl (C=O) groups is 2. The van der Waals surface area contributed by atoms with E-state index in [1.165, 1.54) is 7.11 Å². The minimum absolute atomic E-state index is 0.262. The number of esters is 1. The molecule has 0 amide bonds. The van der Waals surface area contributed by atoms with Crippen LogP contribution in [0.2, 0.25) is 0 Å². The molecule has 0 unspecified atom stereocenters. The molecule has 0 heterocycles. The molecule has 0 N–H and O–H groups in total. The van der Waals surface area contributed by atoms with E-state index >= 15 is 0 Å². The Bertz CT molecular complexity index is 1080. The predicted octanol–water partition coefficient (Wildman–Crippen LogP) is 3.16. The van der Waals surface area contributed by atoms with Crippen LogP contribution < -0.4 is 15.9 Å². The minimum Gasteiger partial charge on any atom is -0.462 e. The molecule has 3 aromatic carbocycles. The van der Waals surface area contributed by atoms with Gasteiger partial charge in [0, 0.05) is 0 Å². The van der Waals surface area contributed by atoms with Crippen molar-refractivity contribution in [1.82, 2.24) is 0 Å². The fraction of sp³-hybridized carbons (Fsp3) is 0.120. The summed E-state index contributed by atoms with van der Waals surface area (Å²) in [6.45, 7) is -0.653. The molecule has 0 fully saturated rings.